The van der Waals surface area contributed by atoms with Crippen molar-refractivity contribution in [3.63, 3.8) is 0 Å². The third-order valence-corrected chi connectivity index (χ3v) is 2.34. The number of hydrogen-bond acceptors (Lipinski definition) is 2. The van der Waals surface area contributed by atoms with Gasteiger partial charge in [0.25, 0.3) is 0 Å². The quantitative estimate of drug-likeness (QED) is 0.419. The van der Waals surface area contributed by atoms with E-state index in [-0.39, 0.29) is 0 Å². The Bertz CT molecular complexity index is 335. The van der Waals surface area contributed by atoms with E-state index in [1.165, 1.54) is 0 Å². The molecule has 0 amide bonds. The second-order valence-corrected chi connectivity index (χ2v) is 3.68. The standard InChI is InChI=1S/C11H13BrN2/c1-3-5-9(8-13-2)10-6-4-7-11(12)14-10/h3,5,7-8H,1,4,6H2,2H3/b9-5+,13-8?. The van der Waals surface area contributed by atoms with Crippen molar-refractivity contribution in [2.24, 2.45) is 9.98 Å². The van der Waals surface area contributed by atoms with Crippen LogP contribution in [0.15, 0.2) is 45.0 Å². The van der Waals surface area contributed by atoms with Crippen LogP contribution in [-0.2, 0) is 0 Å². The van der Waals surface area contributed by atoms with Crippen molar-refractivity contribution in [1.82, 2.24) is 0 Å². The molecule has 0 bridgehead atoms. The number of nitrogens with zero attached hydrogens (tertiary/aromatic N) is 2. The Morgan fingerprint density at radius 2 is 2.50 bits per heavy atom. The van der Waals surface area contributed by atoms with Crippen LogP contribution in [0.4, 0.5) is 0 Å². The van der Waals surface area contributed by atoms with Crippen LogP contribution in [-0.4, -0.2) is 19.0 Å². The molecule has 0 saturated carbocycles. The summed E-state index contributed by atoms with van der Waals surface area (Å²) in [5.74, 6) is 0. The average Bonchev–Trinajstić information content (AvgIpc) is 2.17. The molecule has 0 N–H and O–H groups in total. The molecule has 2 nitrogen and oxygen atoms in total. The molecular weight excluding hydrogens is 240 g/mol. The third-order valence-electron chi connectivity index (χ3n) is 1.83. The van der Waals surface area contributed by atoms with Gasteiger partial charge in [-0.05, 0) is 28.8 Å². The highest BCUT2D eigenvalue weighted by Gasteiger charge is 2.08. The second kappa shape index (κ2) is 5.70. The van der Waals surface area contributed by atoms with Gasteiger partial charge in [-0.25, -0.2) is 4.99 Å². The normalized spacial score (nSPS) is 18.0. The SMILES string of the molecule is C=C/C=C(\C=NC)C1=NC(Br)=CCC1. The number of aliphatic imine (C=N–C) groups is 2. The van der Waals surface area contributed by atoms with Gasteiger partial charge in [-0.15, -0.1) is 0 Å². The molecule has 1 aliphatic heterocycles. The van der Waals surface area contributed by atoms with Crippen molar-refractivity contribution in [2.45, 2.75) is 12.8 Å². The lowest BCUT2D eigenvalue weighted by atomic mass is 10.0. The molecule has 0 fully saturated rings. The first-order chi connectivity index (χ1) is 6.77. The molecule has 0 aliphatic carbocycles. The van der Waals surface area contributed by atoms with Crippen LogP contribution in [0.2, 0.25) is 0 Å². The van der Waals surface area contributed by atoms with Crippen LogP contribution < -0.4 is 0 Å². The fraction of sp³-hybridized carbons (Fsp3) is 0.273. The lowest BCUT2D eigenvalue weighted by molar-refractivity contribution is 1.06. The zero-order chi connectivity index (χ0) is 10.4. The first-order valence-electron chi connectivity index (χ1n) is 4.46. The van der Waals surface area contributed by atoms with Gasteiger partial charge in [0.1, 0.15) is 4.61 Å². The van der Waals surface area contributed by atoms with Gasteiger partial charge in [-0.2, -0.15) is 0 Å². The van der Waals surface area contributed by atoms with Crippen molar-refractivity contribution >= 4 is 27.9 Å². The van der Waals surface area contributed by atoms with Crippen molar-refractivity contribution in [3.8, 4) is 0 Å². The lowest BCUT2D eigenvalue weighted by Crippen LogP contribution is -2.06. The summed E-state index contributed by atoms with van der Waals surface area (Å²) in [5.41, 5.74) is 2.09. The molecule has 3 heteroatoms. The van der Waals surface area contributed by atoms with E-state index >= 15 is 0 Å². The van der Waals surface area contributed by atoms with Gasteiger partial charge in [0.15, 0.2) is 0 Å². The molecule has 14 heavy (non-hydrogen) atoms. The maximum Gasteiger partial charge on any atom is 0.102 e. The molecular formula is C11H13BrN2. The van der Waals surface area contributed by atoms with Crippen molar-refractivity contribution in [3.05, 3.63) is 35.0 Å². The predicted octanol–water partition coefficient (Wildman–Crippen LogP) is 3.27. The predicted molar refractivity (Wildman–Crippen MR) is 66.4 cm³/mol. The molecule has 0 atom stereocenters. The fourth-order valence-electron chi connectivity index (χ4n) is 1.25. The molecule has 0 unspecified atom stereocenters. The summed E-state index contributed by atoms with van der Waals surface area (Å²) in [7, 11) is 1.76. The van der Waals surface area contributed by atoms with Crippen LogP contribution >= 0.6 is 15.9 Å². The fourth-order valence-corrected chi connectivity index (χ4v) is 1.69. The van der Waals surface area contributed by atoms with Gasteiger partial charge in [-0.1, -0.05) is 24.8 Å². The van der Waals surface area contributed by atoms with Crippen molar-refractivity contribution < 1.29 is 0 Å². The Balaban J connectivity index is 2.94. The van der Waals surface area contributed by atoms with Gasteiger partial charge < -0.3 is 0 Å². The Morgan fingerprint density at radius 3 is 3.07 bits per heavy atom. The number of allylic oxidation sites excluding steroid dienone is 4. The molecule has 0 aromatic carbocycles. The highest BCUT2D eigenvalue weighted by molar-refractivity contribution is 9.11. The molecule has 74 valence electrons. The van der Waals surface area contributed by atoms with Gasteiger partial charge in [0, 0.05) is 18.8 Å². The average molecular weight is 253 g/mol. The second-order valence-electron chi connectivity index (χ2n) is 2.87. The smallest absolute Gasteiger partial charge is 0.102 e. The zero-order valence-corrected chi connectivity index (χ0v) is 9.79. The maximum absolute atomic E-state index is 4.41. The van der Waals surface area contributed by atoms with E-state index in [0.29, 0.717) is 0 Å². The maximum atomic E-state index is 4.41. The monoisotopic (exact) mass is 252 g/mol. The van der Waals surface area contributed by atoms with E-state index in [2.05, 4.69) is 38.6 Å². The third kappa shape index (κ3) is 3.07. The summed E-state index contributed by atoms with van der Waals surface area (Å²) < 4.78 is 0.901. The van der Waals surface area contributed by atoms with Crippen LogP contribution in [0.1, 0.15) is 12.8 Å². The highest BCUT2D eigenvalue weighted by Crippen LogP contribution is 2.19. The van der Waals surface area contributed by atoms with Gasteiger partial charge in [0.2, 0.25) is 0 Å². The van der Waals surface area contributed by atoms with E-state index in [9.17, 15) is 0 Å². The van der Waals surface area contributed by atoms with E-state index in [4.69, 9.17) is 0 Å². The van der Waals surface area contributed by atoms with E-state index in [1.807, 2.05) is 12.3 Å². The van der Waals surface area contributed by atoms with E-state index in [0.717, 1.165) is 28.7 Å². The summed E-state index contributed by atoms with van der Waals surface area (Å²) in [4.78, 5) is 8.41. The summed E-state index contributed by atoms with van der Waals surface area (Å²) in [6.45, 7) is 3.68. The number of rotatable bonds is 3. The largest absolute Gasteiger partial charge is 0.296 e. The number of hydrogen-bond donors (Lipinski definition) is 0. The Labute approximate surface area is 93.0 Å². The summed E-state index contributed by atoms with van der Waals surface area (Å²) in [6.07, 6.45) is 9.54. The van der Waals surface area contributed by atoms with Crippen LogP contribution in [0.25, 0.3) is 0 Å². The highest BCUT2D eigenvalue weighted by atomic mass is 79.9. The minimum Gasteiger partial charge on any atom is -0.296 e. The molecule has 0 aromatic rings. The molecule has 0 aromatic heterocycles. The first kappa shape index (κ1) is 11.1. The van der Waals surface area contributed by atoms with Crippen LogP contribution in [0, 0.1) is 0 Å². The molecule has 1 heterocycles. The zero-order valence-electron chi connectivity index (χ0n) is 8.20. The molecule has 0 spiro atoms. The van der Waals surface area contributed by atoms with Gasteiger partial charge >= 0.3 is 0 Å². The minimum absolute atomic E-state index is 0.901. The van der Waals surface area contributed by atoms with Crippen molar-refractivity contribution in [1.29, 1.82) is 0 Å². The van der Waals surface area contributed by atoms with Crippen LogP contribution in [0.3, 0.4) is 0 Å². The molecule has 0 saturated heterocycles. The summed E-state index contributed by atoms with van der Waals surface area (Å²) in [5, 5.41) is 0. The van der Waals surface area contributed by atoms with Crippen molar-refractivity contribution in [2.75, 3.05) is 7.05 Å². The van der Waals surface area contributed by atoms with Crippen LogP contribution in [0.5, 0.6) is 0 Å². The Kier molecular flexibility index (Phi) is 4.53. The topological polar surface area (TPSA) is 24.7 Å². The Morgan fingerprint density at radius 1 is 1.71 bits per heavy atom. The lowest BCUT2D eigenvalue weighted by Gasteiger charge is -2.09. The summed E-state index contributed by atoms with van der Waals surface area (Å²) in [6, 6.07) is 0. The molecule has 1 rings (SSSR count). The molecule has 1 aliphatic rings. The molecule has 0 radical (unpaired) electrons. The van der Waals surface area contributed by atoms with Gasteiger partial charge in [0.05, 0.1) is 5.71 Å². The van der Waals surface area contributed by atoms with Gasteiger partial charge in [-0.3, -0.25) is 4.99 Å². The Hall–Kier alpha value is -0.960. The van der Waals surface area contributed by atoms with E-state index in [1.54, 1.807) is 13.1 Å². The number of halogens is 1. The summed E-state index contributed by atoms with van der Waals surface area (Å²) >= 11 is 3.38. The minimum atomic E-state index is 0.901. The van der Waals surface area contributed by atoms with E-state index < -0.39 is 0 Å². The first-order valence-corrected chi connectivity index (χ1v) is 5.25.